The van der Waals surface area contributed by atoms with Gasteiger partial charge >= 0.3 is 5.97 Å². The Kier molecular flexibility index (Phi) is 3.88. The average Bonchev–Trinajstić information content (AvgIpc) is 2.94. The Hall–Kier alpha value is -1.41. The van der Waals surface area contributed by atoms with E-state index in [9.17, 15) is 13.2 Å². The summed E-state index contributed by atoms with van der Waals surface area (Å²) in [7, 11) is -3.66. The fourth-order valence-electron chi connectivity index (χ4n) is 2.33. The quantitative estimate of drug-likeness (QED) is 0.888. The van der Waals surface area contributed by atoms with Crippen LogP contribution < -0.4 is 0 Å². The van der Waals surface area contributed by atoms with Gasteiger partial charge in [-0.05, 0) is 19.8 Å². The molecule has 0 spiro atoms. The molecule has 8 heteroatoms. The molecule has 1 fully saturated rings. The summed E-state index contributed by atoms with van der Waals surface area (Å²) >= 11 is 0. The second kappa shape index (κ2) is 5.17. The highest BCUT2D eigenvalue weighted by atomic mass is 32.2. The zero-order chi connectivity index (χ0) is 15.1. The number of carboxylic acid groups (broad SMARTS) is 1. The van der Waals surface area contributed by atoms with Gasteiger partial charge in [0.15, 0.2) is 0 Å². The van der Waals surface area contributed by atoms with E-state index in [0.29, 0.717) is 0 Å². The summed E-state index contributed by atoms with van der Waals surface area (Å²) in [5, 5.41) is 13.1. The second-order valence-corrected chi connectivity index (χ2v) is 7.43. The van der Waals surface area contributed by atoms with E-state index < -0.39 is 21.9 Å². The fourth-order valence-corrected chi connectivity index (χ4v) is 3.83. The van der Waals surface area contributed by atoms with Crippen LogP contribution in [-0.2, 0) is 14.8 Å². The van der Waals surface area contributed by atoms with Crippen LogP contribution in [0.5, 0.6) is 0 Å². The number of hydrogen-bond acceptors (Lipinski definition) is 4. The van der Waals surface area contributed by atoms with Crippen LogP contribution in [0.15, 0.2) is 17.3 Å². The van der Waals surface area contributed by atoms with Crippen molar-refractivity contribution in [2.45, 2.75) is 31.7 Å². The molecular weight excluding hydrogens is 282 g/mol. The van der Waals surface area contributed by atoms with Gasteiger partial charge in [-0.1, -0.05) is 6.92 Å². The topological polar surface area (TPSA) is 92.5 Å². The van der Waals surface area contributed by atoms with Gasteiger partial charge < -0.3 is 5.11 Å². The van der Waals surface area contributed by atoms with E-state index in [1.807, 2.05) is 13.8 Å². The lowest BCUT2D eigenvalue weighted by Crippen LogP contribution is -2.29. The molecular formula is C12H19N3O4S. The van der Waals surface area contributed by atoms with Crippen LogP contribution in [0.25, 0.3) is 0 Å². The highest BCUT2D eigenvalue weighted by molar-refractivity contribution is 7.89. The first-order valence-corrected chi connectivity index (χ1v) is 7.94. The molecule has 0 amide bonds. The van der Waals surface area contributed by atoms with E-state index in [1.54, 1.807) is 11.6 Å². The molecule has 0 aromatic carbocycles. The molecule has 2 atom stereocenters. The predicted molar refractivity (Wildman–Crippen MR) is 71.7 cm³/mol. The third kappa shape index (κ3) is 2.57. The third-order valence-electron chi connectivity index (χ3n) is 3.64. The van der Waals surface area contributed by atoms with Gasteiger partial charge in [0.2, 0.25) is 10.0 Å². The van der Waals surface area contributed by atoms with E-state index in [-0.39, 0.29) is 29.9 Å². The summed E-state index contributed by atoms with van der Waals surface area (Å²) in [6, 6.07) is 0.0724. The summed E-state index contributed by atoms with van der Waals surface area (Å²) in [4.78, 5) is 11.2. The Labute approximate surface area is 118 Å². The van der Waals surface area contributed by atoms with Crippen molar-refractivity contribution in [3.05, 3.63) is 12.4 Å². The number of aromatic nitrogens is 2. The van der Waals surface area contributed by atoms with Crippen LogP contribution in [0.4, 0.5) is 0 Å². The first-order chi connectivity index (χ1) is 9.23. The number of carbonyl (C=O) groups is 1. The van der Waals surface area contributed by atoms with Gasteiger partial charge in [0.05, 0.1) is 12.1 Å². The highest BCUT2D eigenvalue weighted by Gasteiger charge is 2.41. The largest absolute Gasteiger partial charge is 0.481 e. The Morgan fingerprint density at radius 1 is 1.45 bits per heavy atom. The Bertz CT molecular complexity index is 608. The lowest BCUT2D eigenvalue weighted by Gasteiger charge is -2.14. The maximum absolute atomic E-state index is 12.5. The number of nitrogens with zero attached hydrogens (tertiary/aromatic N) is 3. The van der Waals surface area contributed by atoms with E-state index >= 15 is 0 Å². The minimum atomic E-state index is -3.66. The highest BCUT2D eigenvalue weighted by Crippen LogP contribution is 2.28. The van der Waals surface area contributed by atoms with Gasteiger partial charge in [-0.2, -0.15) is 9.40 Å². The van der Waals surface area contributed by atoms with Gasteiger partial charge in [0.25, 0.3) is 0 Å². The maximum Gasteiger partial charge on any atom is 0.308 e. The van der Waals surface area contributed by atoms with Crippen molar-refractivity contribution < 1.29 is 18.3 Å². The van der Waals surface area contributed by atoms with Crippen LogP contribution >= 0.6 is 0 Å². The van der Waals surface area contributed by atoms with E-state index in [1.165, 1.54) is 16.7 Å². The van der Waals surface area contributed by atoms with Crippen LogP contribution in [0.1, 0.15) is 26.8 Å². The zero-order valence-corrected chi connectivity index (χ0v) is 12.5. The normalized spacial score (nSPS) is 24.4. The van der Waals surface area contributed by atoms with Crippen molar-refractivity contribution in [3.63, 3.8) is 0 Å². The average molecular weight is 301 g/mol. The van der Waals surface area contributed by atoms with E-state index in [4.69, 9.17) is 5.11 Å². The minimum Gasteiger partial charge on any atom is -0.481 e. The lowest BCUT2D eigenvalue weighted by atomic mass is 9.99. The van der Waals surface area contributed by atoms with Gasteiger partial charge in [-0.15, -0.1) is 0 Å². The summed E-state index contributed by atoms with van der Waals surface area (Å²) in [6.07, 6.45) is 2.80. The lowest BCUT2D eigenvalue weighted by molar-refractivity contribution is -0.142. The van der Waals surface area contributed by atoms with Crippen LogP contribution in [0.3, 0.4) is 0 Å². The third-order valence-corrected chi connectivity index (χ3v) is 5.43. The van der Waals surface area contributed by atoms with Crippen molar-refractivity contribution in [2.75, 3.05) is 13.1 Å². The van der Waals surface area contributed by atoms with Crippen molar-refractivity contribution in [3.8, 4) is 0 Å². The number of aliphatic carboxylic acids is 1. The van der Waals surface area contributed by atoms with E-state index in [2.05, 4.69) is 5.10 Å². The van der Waals surface area contributed by atoms with E-state index in [0.717, 1.165) is 0 Å². The standard InChI is InChI=1S/C12H19N3O4S/c1-8(2)15-6-10(4-13-15)20(18,19)14-5-9(3)11(7-14)12(16)17/h4,6,8-9,11H,5,7H2,1-3H3,(H,16,17)/t9-,11-/m1/s1. The van der Waals surface area contributed by atoms with Crippen molar-refractivity contribution in [1.29, 1.82) is 0 Å². The first kappa shape index (κ1) is 15.0. The fraction of sp³-hybridized carbons (Fsp3) is 0.667. The summed E-state index contributed by atoms with van der Waals surface area (Å²) in [6.45, 7) is 5.81. The molecule has 2 rings (SSSR count). The monoisotopic (exact) mass is 301 g/mol. The molecule has 112 valence electrons. The smallest absolute Gasteiger partial charge is 0.308 e. The number of hydrogen-bond donors (Lipinski definition) is 1. The predicted octanol–water partition coefficient (Wildman–Crippen LogP) is 0.805. The molecule has 2 heterocycles. The molecule has 1 aliphatic heterocycles. The molecule has 1 aromatic heterocycles. The molecule has 1 N–H and O–H groups in total. The van der Waals surface area contributed by atoms with Gasteiger partial charge in [0.1, 0.15) is 4.90 Å². The molecule has 0 bridgehead atoms. The zero-order valence-electron chi connectivity index (χ0n) is 11.7. The summed E-state index contributed by atoms with van der Waals surface area (Å²) in [5.74, 6) is -1.79. The van der Waals surface area contributed by atoms with Crippen molar-refractivity contribution in [1.82, 2.24) is 14.1 Å². The molecule has 0 aliphatic carbocycles. The SMILES string of the molecule is CC(C)n1cc(S(=O)(=O)N2C[C@@H](C)[C@H](C(=O)O)C2)cn1. The van der Waals surface area contributed by atoms with Gasteiger partial charge in [-0.25, -0.2) is 8.42 Å². The van der Waals surface area contributed by atoms with Crippen LogP contribution in [0, 0.1) is 11.8 Å². The molecule has 1 aromatic rings. The number of carboxylic acids is 1. The maximum atomic E-state index is 12.5. The number of rotatable bonds is 4. The first-order valence-electron chi connectivity index (χ1n) is 6.50. The van der Waals surface area contributed by atoms with Gasteiger partial charge in [0, 0.05) is 25.3 Å². The molecule has 0 radical (unpaired) electrons. The summed E-state index contributed by atoms with van der Waals surface area (Å²) < 4.78 is 27.7. The Balaban J connectivity index is 2.25. The molecule has 1 aliphatic rings. The number of sulfonamides is 1. The molecule has 0 saturated carbocycles. The minimum absolute atomic E-state index is 0.0195. The van der Waals surface area contributed by atoms with Crippen molar-refractivity contribution in [2.24, 2.45) is 11.8 Å². The molecule has 20 heavy (non-hydrogen) atoms. The molecule has 0 unspecified atom stereocenters. The summed E-state index contributed by atoms with van der Waals surface area (Å²) in [5.41, 5.74) is 0. The second-order valence-electron chi connectivity index (χ2n) is 5.49. The Morgan fingerprint density at radius 3 is 2.55 bits per heavy atom. The molecule has 1 saturated heterocycles. The van der Waals surface area contributed by atoms with Gasteiger partial charge in [-0.3, -0.25) is 9.48 Å². The Morgan fingerprint density at radius 2 is 2.10 bits per heavy atom. The van der Waals surface area contributed by atoms with Crippen LogP contribution in [-0.4, -0.2) is 46.7 Å². The van der Waals surface area contributed by atoms with Crippen LogP contribution in [0.2, 0.25) is 0 Å². The molecule has 7 nitrogen and oxygen atoms in total. The van der Waals surface area contributed by atoms with Crippen molar-refractivity contribution >= 4 is 16.0 Å².